The predicted molar refractivity (Wildman–Crippen MR) is 142 cm³/mol. The molecule has 2 saturated carbocycles. The minimum absolute atomic E-state index is 0.0264. The van der Waals surface area contributed by atoms with Gasteiger partial charge in [0.15, 0.2) is 0 Å². The van der Waals surface area contributed by atoms with Crippen molar-refractivity contribution in [3.8, 4) is 0 Å². The van der Waals surface area contributed by atoms with Crippen molar-refractivity contribution >= 4 is 0 Å². The van der Waals surface area contributed by atoms with Crippen LogP contribution in [0.3, 0.4) is 0 Å². The van der Waals surface area contributed by atoms with Crippen molar-refractivity contribution in [2.75, 3.05) is 6.54 Å². The maximum absolute atomic E-state index is 14.1. The number of halogens is 1. The standard InChI is InChI=1S/C31H45FN2/c1-2-3-4-5-6-7-8-12-23-33-30-19-14-20-31(25-30,22-21-30)34-29(26-15-10-9-11-16-26)27-17-13-18-28(32)24-27/h9-11,13,15-18,24,29,33-34H,2-8,12,14,19-23,25H2,1H3. The molecule has 2 aliphatic carbocycles. The Morgan fingerprint density at radius 1 is 0.765 bits per heavy atom. The average molecular weight is 465 g/mol. The van der Waals surface area contributed by atoms with Crippen molar-refractivity contribution in [3.05, 3.63) is 71.5 Å². The van der Waals surface area contributed by atoms with Crippen LogP contribution in [0.5, 0.6) is 0 Å². The Hall–Kier alpha value is -1.71. The third-order valence-corrected chi connectivity index (χ3v) is 8.37. The van der Waals surface area contributed by atoms with E-state index in [0.29, 0.717) is 0 Å². The summed E-state index contributed by atoms with van der Waals surface area (Å²) < 4.78 is 14.1. The van der Waals surface area contributed by atoms with Gasteiger partial charge < -0.3 is 10.6 Å². The summed E-state index contributed by atoms with van der Waals surface area (Å²) in [7, 11) is 0. The highest BCUT2D eigenvalue weighted by atomic mass is 19.1. The molecule has 186 valence electrons. The van der Waals surface area contributed by atoms with Crippen LogP contribution in [-0.2, 0) is 0 Å². The molecule has 3 atom stereocenters. The number of unbranched alkanes of at least 4 members (excludes halogenated alkanes) is 7. The average Bonchev–Trinajstić information content (AvgIpc) is 3.12. The molecule has 2 aromatic rings. The Kier molecular flexibility index (Phi) is 9.19. The van der Waals surface area contributed by atoms with Crippen LogP contribution < -0.4 is 10.6 Å². The summed E-state index contributed by atoms with van der Waals surface area (Å²) in [6.07, 6.45) is 18.4. The molecule has 34 heavy (non-hydrogen) atoms. The van der Waals surface area contributed by atoms with Crippen LogP contribution in [0.25, 0.3) is 0 Å². The fourth-order valence-corrected chi connectivity index (χ4v) is 6.54. The monoisotopic (exact) mass is 464 g/mol. The minimum Gasteiger partial charge on any atom is -0.311 e. The molecule has 2 aromatic carbocycles. The third-order valence-electron chi connectivity index (χ3n) is 8.37. The largest absolute Gasteiger partial charge is 0.311 e. The molecule has 0 saturated heterocycles. The topological polar surface area (TPSA) is 24.1 Å². The third kappa shape index (κ3) is 6.70. The quantitative estimate of drug-likeness (QED) is 0.276. The first kappa shape index (κ1) is 25.4. The lowest BCUT2D eigenvalue weighted by molar-refractivity contribution is 0.187. The smallest absolute Gasteiger partial charge is 0.123 e. The first-order valence-electron chi connectivity index (χ1n) is 14.0. The van der Waals surface area contributed by atoms with E-state index in [4.69, 9.17) is 0 Å². The zero-order chi connectivity index (χ0) is 23.7. The zero-order valence-corrected chi connectivity index (χ0v) is 21.3. The Morgan fingerprint density at radius 3 is 2.21 bits per heavy atom. The van der Waals surface area contributed by atoms with E-state index in [9.17, 15) is 4.39 Å². The van der Waals surface area contributed by atoms with Gasteiger partial charge in [-0.2, -0.15) is 0 Å². The van der Waals surface area contributed by atoms with Gasteiger partial charge in [-0.15, -0.1) is 0 Å². The lowest BCUT2D eigenvalue weighted by Crippen LogP contribution is -2.53. The molecule has 0 spiro atoms. The summed E-state index contributed by atoms with van der Waals surface area (Å²) in [6, 6.07) is 17.8. The highest BCUT2D eigenvalue weighted by Crippen LogP contribution is 2.49. The molecule has 2 N–H and O–H groups in total. The molecule has 3 unspecified atom stereocenters. The summed E-state index contributed by atoms with van der Waals surface area (Å²) >= 11 is 0. The molecule has 2 nitrogen and oxygen atoms in total. The van der Waals surface area contributed by atoms with Crippen molar-refractivity contribution in [1.29, 1.82) is 0 Å². The van der Waals surface area contributed by atoms with Crippen LogP contribution in [0.15, 0.2) is 54.6 Å². The number of fused-ring (bicyclic) bond motifs is 2. The summed E-state index contributed by atoms with van der Waals surface area (Å²) in [5, 5.41) is 8.10. The summed E-state index contributed by atoms with van der Waals surface area (Å²) in [4.78, 5) is 0. The van der Waals surface area contributed by atoms with E-state index in [1.807, 2.05) is 6.07 Å². The fraction of sp³-hybridized carbons (Fsp3) is 0.613. The van der Waals surface area contributed by atoms with E-state index in [0.717, 1.165) is 12.1 Å². The summed E-state index contributed by atoms with van der Waals surface area (Å²) in [5.41, 5.74) is 2.67. The number of rotatable bonds is 14. The molecule has 0 amide bonds. The van der Waals surface area contributed by atoms with Crippen LogP contribution in [0.1, 0.15) is 114 Å². The van der Waals surface area contributed by atoms with Crippen molar-refractivity contribution in [1.82, 2.24) is 10.6 Å². The molecule has 4 rings (SSSR count). The van der Waals surface area contributed by atoms with E-state index < -0.39 is 0 Å². The summed E-state index contributed by atoms with van der Waals surface area (Å²) in [5.74, 6) is -0.158. The molecule has 0 aliphatic heterocycles. The number of nitrogens with one attached hydrogen (secondary N) is 2. The molecule has 2 bridgehead atoms. The lowest BCUT2D eigenvalue weighted by Gasteiger charge is -2.43. The van der Waals surface area contributed by atoms with Gasteiger partial charge in [-0.3, -0.25) is 0 Å². The van der Waals surface area contributed by atoms with E-state index in [-0.39, 0.29) is 22.9 Å². The maximum Gasteiger partial charge on any atom is 0.123 e. The molecule has 0 aromatic heterocycles. The van der Waals surface area contributed by atoms with Crippen LogP contribution >= 0.6 is 0 Å². The SMILES string of the molecule is CCCCCCCCCCNC12CCCC(NC(c3ccccc3)c3cccc(F)c3)(CC1)C2. The molecule has 3 heteroatoms. The number of benzene rings is 2. The highest BCUT2D eigenvalue weighted by molar-refractivity contribution is 5.33. The number of hydrogen-bond acceptors (Lipinski definition) is 2. The molecular weight excluding hydrogens is 419 g/mol. The Bertz CT molecular complexity index is 869. The van der Waals surface area contributed by atoms with Gasteiger partial charge in [-0.25, -0.2) is 4.39 Å². The van der Waals surface area contributed by atoms with Crippen LogP contribution in [0.2, 0.25) is 0 Å². The number of hydrogen-bond donors (Lipinski definition) is 2. The molecule has 0 heterocycles. The molecule has 2 aliphatic rings. The van der Waals surface area contributed by atoms with E-state index in [2.05, 4.69) is 54.0 Å². The lowest BCUT2D eigenvalue weighted by atomic mass is 9.77. The van der Waals surface area contributed by atoms with Crippen molar-refractivity contribution < 1.29 is 4.39 Å². The maximum atomic E-state index is 14.1. The zero-order valence-electron chi connectivity index (χ0n) is 21.3. The van der Waals surface area contributed by atoms with Gasteiger partial charge in [0.05, 0.1) is 6.04 Å². The van der Waals surface area contributed by atoms with Gasteiger partial charge in [0.1, 0.15) is 5.82 Å². The first-order chi connectivity index (χ1) is 16.6. The predicted octanol–water partition coefficient (Wildman–Crippen LogP) is 8.08. The second kappa shape index (κ2) is 12.3. The second-order valence-electron chi connectivity index (χ2n) is 11.0. The van der Waals surface area contributed by atoms with E-state index in [1.54, 1.807) is 12.1 Å². The van der Waals surface area contributed by atoms with E-state index >= 15 is 0 Å². The van der Waals surface area contributed by atoms with Crippen LogP contribution in [-0.4, -0.2) is 17.6 Å². The van der Waals surface area contributed by atoms with Gasteiger partial charge >= 0.3 is 0 Å². The van der Waals surface area contributed by atoms with Gasteiger partial charge in [-0.05, 0) is 74.8 Å². The Balaban J connectivity index is 1.34. The first-order valence-corrected chi connectivity index (χ1v) is 14.0. The second-order valence-corrected chi connectivity index (χ2v) is 11.0. The molecule has 2 fully saturated rings. The fourth-order valence-electron chi connectivity index (χ4n) is 6.54. The minimum atomic E-state index is -0.158. The normalized spacial score (nSPS) is 24.9. The van der Waals surface area contributed by atoms with Gasteiger partial charge in [0.25, 0.3) is 0 Å². The van der Waals surface area contributed by atoms with Crippen molar-refractivity contribution in [2.24, 2.45) is 0 Å². The van der Waals surface area contributed by atoms with Gasteiger partial charge in [0.2, 0.25) is 0 Å². The van der Waals surface area contributed by atoms with Gasteiger partial charge in [0, 0.05) is 11.1 Å². The van der Waals surface area contributed by atoms with Crippen molar-refractivity contribution in [2.45, 2.75) is 114 Å². The molecular formula is C31H45FN2. The molecule has 0 radical (unpaired) electrons. The van der Waals surface area contributed by atoms with Gasteiger partial charge in [-0.1, -0.05) is 94.3 Å². The van der Waals surface area contributed by atoms with E-state index in [1.165, 1.54) is 95.5 Å². The Labute approximate surface area is 207 Å². The van der Waals surface area contributed by atoms with Crippen molar-refractivity contribution in [3.63, 3.8) is 0 Å². The summed E-state index contributed by atoms with van der Waals surface area (Å²) in [6.45, 7) is 3.43. The highest BCUT2D eigenvalue weighted by Gasteiger charge is 2.51. The Morgan fingerprint density at radius 2 is 1.44 bits per heavy atom. The van der Waals surface area contributed by atoms with Crippen LogP contribution in [0, 0.1) is 5.82 Å². The van der Waals surface area contributed by atoms with Crippen LogP contribution in [0.4, 0.5) is 4.39 Å².